The number of halogens is 1. The van der Waals surface area contributed by atoms with Crippen molar-refractivity contribution < 1.29 is 18.7 Å². The van der Waals surface area contributed by atoms with Crippen molar-refractivity contribution in [2.45, 2.75) is 70.5 Å². The lowest BCUT2D eigenvalue weighted by atomic mass is 9.81. The zero-order valence-corrected chi connectivity index (χ0v) is 27.6. The lowest BCUT2D eigenvalue weighted by molar-refractivity contribution is 0.0484. The van der Waals surface area contributed by atoms with Gasteiger partial charge in [0.1, 0.15) is 5.82 Å². The Labute approximate surface area is 269 Å². The third kappa shape index (κ3) is 8.48. The molecule has 2 aliphatic rings. The minimum absolute atomic E-state index is 0.0125. The number of piperidine rings is 2. The summed E-state index contributed by atoms with van der Waals surface area (Å²) in [5, 5.41) is 0. The molecule has 0 saturated carbocycles. The quantitative estimate of drug-likeness (QED) is 0.184. The van der Waals surface area contributed by atoms with Crippen molar-refractivity contribution in [2.24, 2.45) is 5.92 Å². The van der Waals surface area contributed by atoms with Gasteiger partial charge in [0.25, 0.3) is 0 Å². The maximum absolute atomic E-state index is 14.6. The van der Waals surface area contributed by atoms with Crippen LogP contribution in [-0.4, -0.2) is 69.1 Å². The van der Waals surface area contributed by atoms with Gasteiger partial charge < -0.3 is 19.3 Å². The molecule has 2 unspecified atom stereocenters. The summed E-state index contributed by atoms with van der Waals surface area (Å²) in [6, 6.07) is 22.3. The van der Waals surface area contributed by atoms with E-state index in [1.807, 2.05) is 0 Å². The molecule has 2 heterocycles. The van der Waals surface area contributed by atoms with Crippen LogP contribution in [0.15, 0.2) is 66.7 Å². The van der Waals surface area contributed by atoms with Gasteiger partial charge in [-0.05, 0) is 117 Å². The van der Waals surface area contributed by atoms with Gasteiger partial charge in [-0.25, -0.2) is 4.39 Å². The molecule has 5 rings (SSSR count). The fourth-order valence-electron chi connectivity index (χ4n) is 7.16. The van der Waals surface area contributed by atoms with E-state index in [-0.39, 0.29) is 35.6 Å². The molecular formula is C39H51FN2O3. The Morgan fingerprint density at radius 3 is 1.64 bits per heavy atom. The second-order valence-corrected chi connectivity index (χ2v) is 12.9. The van der Waals surface area contributed by atoms with Crippen LogP contribution in [0.3, 0.4) is 0 Å². The summed E-state index contributed by atoms with van der Waals surface area (Å²) in [6.07, 6.45) is 5.53. The number of ether oxygens (including phenoxy) is 2. The van der Waals surface area contributed by atoms with E-state index >= 15 is 0 Å². The van der Waals surface area contributed by atoms with Gasteiger partial charge in [0.2, 0.25) is 0 Å². The van der Waals surface area contributed by atoms with Crippen LogP contribution in [0.1, 0.15) is 95.8 Å². The van der Waals surface area contributed by atoms with Crippen molar-refractivity contribution in [3.8, 4) is 0 Å². The highest BCUT2D eigenvalue weighted by molar-refractivity contribution is 5.99. The van der Waals surface area contributed by atoms with Crippen molar-refractivity contribution in [2.75, 3.05) is 53.5 Å². The van der Waals surface area contributed by atoms with E-state index in [2.05, 4.69) is 72.2 Å². The Kier molecular flexibility index (Phi) is 12.0. The summed E-state index contributed by atoms with van der Waals surface area (Å²) in [5.74, 6) is 0.0752. The molecule has 0 amide bonds. The second kappa shape index (κ2) is 16.1. The Hall–Kier alpha value is -2.90. The molecule has 0 aromatic heterocycles. The molecular weight excluding hydrogens is 563 g/mol. The summed E-state index contributed by atoms with van der Waals surface area (Å²) in [6.45, 7) is 9.51. The van der Waals surface area contributed by atoms with E-state index in [4.69, 9.17) is 9.47 Å². The Morgan fingerprint density at radius 1 is 0.733 bits per heavy atom. The first-order chi connectivity index (χ1) is 21.9. The second-order valence-electron chi connectivity index (χ2n) is 12.9. The van der Waals surface area contributed by atoms with Gasteiger partial charge in [-0.2, -0.15) is 0 Å². The number of benzene rings is 3. The first kappa shape index (κ1) is 33.5. The van der Waals surface area contributed by atoms with Crippen LogP contribution in [0.2, 0.25) is 0 Å². The molecule has 0 spiro atoms. The highest BCUT2D eigenvalue weighted by atomic mass is 19.1. The van der Waals surface area contributed by atoms with E-state index in [1.54, 1.807) is 26.4 Å². The van der Waals surface area contributed by atoms with E-state index in [0.717, 1.165) is 88.9 Å². The van der Waals surface area contributed by atoms with Gasteiger partial charge in [0.05, 0.1) is 12.2 Å². The van der Waals surface area contributed by atoms with Crippen molar-refractivity contribution in [1.29, 1.82) is 0 Å². The summed E-state index contributed by atoms with van der Waals surface area (Å²) in [7, 11) is 3.55. The predicted molar refractivity (Wildman–Crippen MR) is 179 cm³/mol. The van der Waals surface area contributed by atoms with E-state index < -0.39 is 0 Å². The first-order valence-electron chi connectivity index (χ1n) is 16.9. The summed E-state index contributed by atoms with van der Waals surface area (Å²) < 4.78 is 26.3. The number of hydrogen-bond acceptors (Lipinski definition) is 5. The van der Waals surface area contributed by atoms with E-state index in [0.29, 0.717) is 0 Å². The average Bonchev–Trinajstić information content (AvgIpc) is 3.10. The van der Waals surface area contributed by atoms with Crippen molar-refractivity contribution in [3.05, 3.63) is 106 Å². The standard InChI is InChI=1S/C39H51FN2O3/c1-5-28-7-11-31(12-8-28)37(44-3)26-41-21-17-30(18-22-41)36-25-34(40)15-16-35(36)39(43)33-19-23-42(24-20-33)27-38(45-4)32-13-9-29(6-2)10-14-32/h7-16,25,30,33,37-38H,5-6,17-24,26-27H2,1-4H3. The zero-order chi connectivity index (χ0) is 31.8. The predicted octanol–water partition coefficient (Wildman–Crippen LogP) is 7.80. The third-order valence-electron chi connectivity index (χ3n) is 10.2. The van der Waals surface area contributed by atoms with Gasteiger partial charge in [-0.3, -0.25) is 4.79 Å². The van der Waals surface area contributed by atoms with Crippen LogP contribution >= 0.6 is 0 Å². The highest BCUT2D eigenvalue weighted by Crippen LogP contribution is 2.35. The molecule has 3 aromatic rings. The Bertz CT molecular complexity index is 1360. The van der Waals surface area contributed by atoms with Crippen LogP contribution in [0.25, 0.3) is 0 Å². The number of ketones is 1. The van der Waals surface area contributed by atoms with Gasteiger partial charge in [-0.1, -0.05) is 62.4 Å². The fourth-order valence-corrected chi connectivity index (χ4v) is 7.16. The molecule has 0 bridgehead atoms. The number of aryl methyl sites for hydroxylation is 2. The molecule has 2 fully saturated rings. The highest BCUT2D eigenvalue weighted by Gasteiger charge is 2.31. The molecule has 0 aliphatic carbocycles. The number of carbonyl (C=O) groups excluding carboxylic acids is 1. The molecule has 2 atom stereocenters. The molecule has 242 valence electrons. The van der Waals surface area contributed by atoms with E-state index in [1.165, 1.54) is 28.3 Å². The summed E-state index contributed by atoms with van der Waals surface area (Å²) >= 11 is 0. The molecule has 3 aromatic carbocycles. The van der Waals surface area contributed by atoms with Crippen LogP contribution < -0.4 is 0 Å². The average molecular weight is 615 g/mol. The minimum Gasteiger partial charge on any atom is -0.375 e. The van der Waals surface area contributed by atoms with Crippen LogP contribution in [-0.2, 0) is 22.3 Å². The smallest absolute Gasteiger partial charge is 0.166 e. The van der Waals surface area contributed by atoms with Gasteiger partial charge >= 0.3 is 0 Å². The topological polar surface area (TPSA) is 42.0 Å². The number of carbonyl (C=O) groups is 1. The van der Waals surface area contributed by atoms with E-state index in [9.17, 15) is 9.18 Å². The Morgan fingerprint density at radius 2 is 1.20 bits per heavy atom. The normalized spacial score (nSPS) is 18.6. The lowest BCUT2D eigenvalue weighted by Crippen LogP contribution is -2.39. The molecule has 0 radical (unpaired) electrons. The van der Waals surface area contributed by atoms with Gasteiger partial charge in [-0.15, -0.1) is 0 Å². The number of likely N-dealkylation sites (tertiary alicyclic amines) is 2. The SMILES string of the molecule is CCc1ccc(C(CN2CCC(C(=O)c3ccc(F)cc3C3CCN(CC(OC)c4ccc(CC)cc4)CC3)CC2)OC)cc1. The third-order valence-corrected chi connectivity index (χ3v) is 10.2. The number of methoxy groups -OCH3 is 2. The van der Waals surface area contributed by atoms with Crippen molar-refractivity contribution >= 4 is 5.78 Å². The first-order valence-corrected chi connectivity index (χ1v) is 16.9. The van der Waals surface area contributed by atoms with Gasteiger partial charge in [0.15, 0.2) is 5.78 Å². The van der Waals surface area contributed by atoms with Crippen molar-refractivity contribution in [3.63, 3.8) is 0 Å². The monoisotopic (exact) mass is 614 g/mol. The molecule has 0 N–H and O–H groups in total. The number of hydrogen-bond donors (Lipinski definition) is 0. The number of nitrogens with zero attached hydrogens (tertiary/aromatic N) is 2. The minimum atomic E-state index is -0.258. The summed E-state index contributed by atoms with van der Waals surface area (Å²) in [4.78, 5) is 18.8. The van der Waals surface area contributed by atoms with Crippen molar-refractivity contribution in [1.82, 2.24) is 9.80 Å². The van der Waals surface area contributed by atoms with Crippen LogP contribution in [0, 0.1) is 11.7 Å². The largest absolute Gasteiger partial charge is 0.375 e. The molecule has 6 heteroatoms. The fraction of sp³-hybridized carbons (Fsp3) is 0.513. The molecule has 45 heavy (non-hydrogen) atoms. The summed E-state index contributed by atoms with van der Waals surface area (Å²) in [5.41, 5.74) is 6.67. The lowest BCUT2D eigenvalue weighted by Gasteiger charge is -2.36. The van der Waals surface area contributed by atoms with Crippen LogP contribution in [0.4, 0.5) is 4.39 Å². The Balaban J connectivity index is 1.17. The molecule has 2 aliphatic heterocycles. The van der Waals surface area contributed by atoms with Gasteiger partial charge in [0, 0.05) is 38.8 Å². The molecule has 5 nitrogen and oxygen atoms in total. The molecule has 2 saturated heterocycles. The maximum atomic E-state index is 14.6. The number of rotatable bonds is 13. The number of Topliss-reactive ketones (excluding diaryl/α,β-unsaturated/α-hetero) is 1. The maximum Gasteiger partial charge on any atom is 0.166 e. The van der Waals surface area contributed by atoms with Crippen LogP contribution in [0.5, 0.6) is 0 Å². The zero-order valence-electron chi connectivity index (χ0n) is 27.6.